The summed E-state index contributed by atoms with van der Waals surface area (Å²) in [5, 5.41) is 9.75. The molecule has 0 radical (unpaired) electrons. The number of halogens is 5. The van der Waals surface area contributed by atoms with Crippen molar-refractivity contribution >= 4 is 11.9 Å². The highest BCUT2D eigenvalue weighted by molar-refractivity contribution is 5.80. The van der Waals surface area contributed by atoms with Crippen LogP contribution < -0.4 is 5.32 Å². The first-order valence-electron chi connectivity index (χ1n) is 8.88. The molecule has 1 amide bonds. The molecule has 3 atom stereocenters. The van der Waals surface area contributed by atoms with Crippen LogP contribution in [0, 0.1) is 11.6 Å². The van der Waals surface area contributed by atoms with Crippen molar-refractivity contribution < 1.29 is 41.4 Å². The van der Waals surface area contributed by atoms with Gasteiger partial charge in [-0.1, -0.05) is 6.07 Å². The van der Waals surface area contributed by atoms with Crippen molar-refractivity contribution in [3.8, 4) is 0 Å². The van der Waals surface area contributed by atoms with E-state index in [0.717, 1.165) is 31.0 Å². The van der Waals surface area contributed by atoms with Crippen LogP contribution in [-0.4, -0.2) is 59.9 Å². The Morgan fingerprint density at radius 1 is 1.21 bits per heavy atom. The van der Waals surface area contributed by atoms with Crippen LogP contribution in [0.3, 0.4) is 0 Å². The minimum atomic E-state index is -5.08. The number of carbonyl (C=O) groups excluding carboxylic acids is 1. The summed E-state index contributed by atoms with van der Waals surface area (Å²) in [6, 6.07) is 4.27. The maximum atomic E-state index is 13.3. The van der Waals surface area contributed by atoms with Crippen molar-refractivity contribution in [3.05, 3.63) is 35.4 Å². The monoisotopic (exact) mass is 424 g/mol. The number of fused-ring (bicyclic) bond motifs is 1. The summed E-state index contributed by atoms with van der Waals surface area (Å²) in [5.74, 6) is -4.46. The minimum Gasteiger partial charge on any atom is -0.475 e. The molecule has 2 saturated heterocycles. The minimum absolute atomic E-state index is 0.0429. The molecule has 2 heterocycles. The smallest absolute Gasteiger partial charge is 0.475 e. The molecule has 2 N–H and O–H groups in total. The summed E-state index contributed by atoms with van der Waals surface area (Å²) < 4.78 is 63.9. The lowest BCUT2D eigenvalue weighted by Crippen LogP contribution is -2.47. The maximum Gasteiger partial charge on any atom is 0.490 e. The molecule has 0 unspecified atom stereocenters. The number of carboxylic acids is 1. The summed E-state index contributed by atoms with van der Waals surface area (Å²) in [4.78, 5) is 22.8. The van der Waals surface area contributed by atoms with Gasteiger partial charge in [-0.3, -0.25) is 9.69 Å². The van der Waals surface area contributed by atoms with Crippen LogP contribution in [0.5, 0.6) is 0 Å². The van der Waals surface area contributed by atoms with E-state index in [-0.39, 0.29) is 24.2 Å². The fourth-order valence-corrected chi connectivity index (χ4v) is 3.44. The van der Waals surface area contributed by atoms with Gasteiger partial charge in [-0.2, -0.15) is 13.2 Å². The lowest BCUT2D eigenvalue weighted by Gasteiger charge is -2.35. The third-order valence-corrected chi connectivity index (χ3v) is 4.81. The fraction of sp³-hybridized carbons (Fsp3) is 0.556. The molecule has 162 valence electrons. The molecule has 0 aromatic heterocycles. The first-order valence-corrected chi connectivity index (χ1v) is 8.88. The van der Waals surface area contributed by atoms with E-state index in [1.54, 1.807) is 13.1 Å². The number of carboxylic acid groups (broad SMARTS) is 1. The summed E-state index contributed by atoms with van der Waals surface area (Å²) >= 11 is 0. The number of ether oxygens (including phenoxy) is 1. The molecule has 0 bridgehead atoms. The number of nitrogens with one attached hydrogen (secondary N) is 1. The van der Waals surface area contributed by atoms with Gasteiger partial charge in [0.05, 0.1) is 6.10 Å². The van der Waals surface area contributed by atoms with Gasteiger partial charge in [-0.15, -0.1) is 0 Å². The van der Waals surface area contributed by atoms with E-state index in [2.05, 4.69) is 10.2 Å². The highest BCUT2D eigenvalue weighted by Crippen LogP contribution is 2.32. The molecule has 2 aliphatic heterocycles. The topological polar surface area (TPSA) is 78.9 Å². The van der Waals surface area contributed by atoms with E-state index in [0.29, 0.717) is 13.0 Å². The number of benzene rings is 1. The van der Waals surface area contributed by atoms with Gasteiger partial charge in [0.2, 0.25) is 5.91 Å². The van der Waals surface area contributed by atoms with Crippen LogP contribution in [-0.2, 0) is 20.9 Å². The number of nitrogens with zero attached hydrogens (tertiary/aromatic N) is 1. The van der Waals surface area contributed by atoms with Gasteiger partial charge in [0.25, 0.3) is 0 Å². The molecule has 1 aromatic carbocycles. The van der Waals surface area contributed by atoms with E-state index < -0.39 is 23.8 Å². The predicted octanol–water partition coefficient (Wildman–Crippen LogP) is 2.47. The van der Waals surface area contributed by atoms with E-state index >= 15 is 0 Å². The predicted molar refractivity (Wildman–Crippen MR) is 90.8 cm³/mol. The quantitative estimate of drug-likeness (QED) is 0.729. The van der Waals surface area contributed by atoms with E-state index in [4.69, 9.17) is 14.6 Å². The number of carbonyl (C=O) groups is 2. The van der Waals surface area contributed by atoms with Gasteiger partial charge in [0, 0.05) is 26.2 Å². The van der Waals surface area contributed by atoms with Crippen molar-refractivity contribution in [3.63, 3.8) is 0 Å². The maximum absolute atomic E-state index is 13.3. The molecular formula is C18H21F5N2O4. The van der Waals surface area contributed by atoms with Gasteiger partial charge < -0.3 is 15.2 Å². The van der Waals surface area contributed by atoms with Crippen molar-refractivity contribution in [2.24, 2.45) is 0 Å². The Bertz CT molecular complexity index is 743. The second kappa shape index (κ2) is 9.49. The lowest BCUT2D eigenvalue weighted by atomic mass is 9.98. The Morgan fingerprint density at radius 3 is 2.41 bits per heavy atom. The molecule has 0 spiro atoms. The van der Waals surface area contributed by atoms with E-state index in [1.807, 2.05) is 0 Å². The average molecular weight is 424 g/mol. The zero-order valence-corrected chi connectivity index (χ0v) is 15.5. The number of likely N-dealkylation sites (N-methyl/N-ethyl adjacent to an activating group) is 1. The normalized spacial score (nSPS) is 24.3. The third kappa shape index (κ3) is 6.10. The standard InChI is InChI=1S/C16H20F2N2O2.C2HF3O2/c1-19-16(21)15-5-4-13-14(22-15)6-7-20(13)9-10-2-3-11(17)12(18)8-10;3-2(4,5)1(6)7/h2-3,8,13-15H,4-7,9H2,1H3,(H,19,21);(H,6,7)/t13-,14-,15-;/m1./s1. The van der Waals surface area contributed by atoms with E-state index in [1.165, 1.54) is 6.07 Å². The largest absolute Gasteiger partial charge is 0.490 e. The zero-order valence-electron chi connectivity index (χ0n) is 15.5. The molecule has 29 heavy (non-hydrogen) atoms. The SMILES string of the molecule is CNC(=O)[C@H]1CC[C@@H]2[C@@H](CCN2Cc2ccc(F)c(F)c2)O1.O=C(O)C(F)(F)F. The van der Waals surface area contributed by atoms with Crippen LogP contribution in [0.4, 0.5) is 22.0 Å². The van der Waals surface area contributed by atoms with Gasteiger partial charge >= 0.3 is 12.1 Å². The molecular weight excluding hydrogens is 403 g/mol. The number of likely N-dealkylation sites (tertiary alicyclic amines) is 1. The van der Waals surface area contributed by atoms with E-state index in [9.17, 15) is 26.7 Å². The van der Waals surface area contributed by atoms with Gasteiger partial charge in [0.15, 0.2) is 11.6 Å². The number of hydrogen-bond acceptors (Lipinski definition) is 4. The fourth-order valence-electron chi connectivity index (χ4n) is 3.44. The summed E-state index contributed by atoms with van der Waals surface area (Å²) in [6.45, 7) is 1.42. The number of aliphatic carboxylic acids is 1. The van der Waals surface area contributed by atoms with Gasteiger partial charge in [0.1, 0.15) is 6.10 Å². The second-order valence-corrected chi connectivity index (χ2v) is 6.73. The highest BCUT2D eigenvalue weighted by atomic mass is 19.4. The molecule has 6 nitrogen and oxygen atoms in total. The Labute approximate surface area is 163 Å². The average Bonchev–Trinajstić information content (AvgIpc) is 3.06. The first kappa shape index (κ1) is 23.0. The van der Waals surface area contributed by atoms with Crippen LogP contribution in [0.15, 0.2) is 18.2 Å². The van der Waals surface area contributed by atoms with Crippen LogP contribution >= 0.6 is 0 Å². The number of rotatable bonds is 3. The van der Waals surface area contributed by atoms with Crippen molar-refractivity contribution in [1.29, 1.82) is 0 Å². The third-order valence-electron chi connectivity index (χ3n) is 4.81. The summed E-state index contributed by atoms with van der Waals surface area (Å²) in [6.07, 6.45) is -2.97. The zero-order chi connectivity index (χ0) is 21.8. The van der Waals surface area contributed by atoms with Crippen molar-refractivity contribution in [1.82, 2.24) is 10.2 Å². The summed E-state index contributed by atoms with van der Waals surface area (Å²) in [7, 11) is 1.61. The Kier molecular flexibility index (Phi) is 7.53. The highest BCUT2D eigenvalue weighted by Gasteiger charge is 2.41. The number of amides is 1. The van der Waals surface area contributed by atoms with Gasteiger partial charge in [-0.05, 0) is 37.0 Å². The van der Waals surface area contributed by atoms with Crippen LogP contribution in [0.25, 0.3) is 0 Å². The van der Waals surface area contributed by atoms with Gasteiger partial charge in [-0.25, -0.2) is 13.6 Å². The lowest BCUT2D eigenvalue weighted by molar-refractivity contribution is -0.192. The van der Waals surface area contributed by atoms with Crippen LogP contribution in [0.2, 0.25) is 0 Å². The molecule has 2 aliphatic rings. The molecule has 11 heteroatoms. The molecule has 0 saturated carbocycles. The summed E-state index contributed by atoms with van der Waals surface area (Å²) in [5.41, 5.74) is 0.757. The van der Waals surface area contributed by atoms with Crippen molar-refractivity contribution in [2.75, 3.05) is 13.6 Å². The Balaban J connectivity index is 0.000000370. The Morgan fingerprint density at radius 2 is 1.86 bits per heavy atom. The van der Waals surface area contributed by atoms with Crippen molar-refractivity contribution in [2.45, 2.75) is 50.2 Å². The number of hydrogen-bond donors (Lipinski definition) is 2. The first-order chi connectivity index (χ1) is 13.5. The molecule has 2 fully saturated rings. The molecule has 0 aliphatic carbocycles. The molecule has 3 rings (SSSR count). The number of alkyl halides is 3. The van der Waals surface area contributed by atoms with Crippen LogP contribution in [0.1, 0.15) is 24.8 Å². The second-order valence-electron chi connectivity index (χ2n) is 6.73. The molecule has 1 aromatic rings. The Hall–Kier alpha value is -2.27.